The van der Waals surface area contributed by atoms with Crippen LogP contribution >= 0.6 is 0 Å². The molecule has 2 aromatic carbocycles. The number of hydrogen-bond donors (Lipinski definition) is 3. The number of nitrogens with one attached hydrogen (secondary N) is 3. The van der Waals surface area contributed by atoms with Crippen LogP contribution in [0.25, 0.3) is 0 Å². The third kappa shape index (κ3) is 6.30. The van der Waals surface area contributed by atoms with Crippen molar-refractivity contribution in [2.45, 2.75) is 33.2 Å². The van der Waals surface area contributed by atoms with E-state index in [1.807, 2.05) is 55.5 Å². The number of carbonyl (C=O) groups excluding carboxylic acids is 2. The summed E-state index contributed by atoms with van der Waals surface area (Å²) in [6, 6.07) is 15.2. The highest BCUT2D eigenvalue weighted by molar-refractivity contribution is 5.94. The van der Waals surface area contributed by atoms with E-state index in [-0.39, 0.29) is 18.5 Å². The first-order valence-corrected chi connectivity index (χ1v) is 8.41. The molecule has 0 radical (unpaired) electrons. The Labute approximate surface area is 148 Å². The molecule has 5 heteroatoms. The van der Waals surface area contributed by atoms with Gasteiger partial charge in [0.1, 0.15) is 0 Å². The molecule has 3 N–H and O–H groups in total. The molecule has 132 valence electrons. The SMILES string of the molecule is Cc1ccc(CNC(=O)NCC(=O)Nc2ccc(C(C)C)cc2)cc1. The molecule has 0 aromatic heterocycles. The van der Waals surface area contributed by atoms with Gasteiger partial charge in [-0.3, -0.25) is 4.79 Å². The van der Waals surface area contributed by atoms with Gasteiger partial charge in [-0.05, 0) is 36.1 Å². The number of rotatable bonds is 6. The van der Waals surface area contributed by atoms with Crippen LogP contribution in [0.1, 0.15) is 36.5 Å². The van der Waals surface area contributed by atoms with E-state index < -0.39 is 0 Å². The number of amides is 3. The first-order valence-electron chi connectivity index (χ1n) is 8.41. The van der Waals surface area contributed by atoms with Crippen LogP contribution in [0, 0.1) is 6.92 Å². The summed E-state index contributed by atoms with van der Waals surface area (Å²) in [6.07, 6.45) is 0. The van der Waals surface area contributed by atoms with Gasteiger partial charge < -0.3 is 16.0 Å². The van der Waals surface area contributed by atoms with Gasteiger partial charge in [0, 0.05) is 12.2 Å². The average Bonchev–Trinajstić information content (AvgIpc) is 2.60. The molecule has 25 heavy (non-hydrogen) atoms. The molecule has 0 heterocycles. The highest BCUT2D eigenvalue weighted by Crippen LogP contribution is 2.16. The van der Waals surface area contributed by atoms with Crippen LogP contribution in [-0.4, -0.2) is 18.5 Å². The minimum Gasteiger partial charge on any atom is -0.334 e. The van der Waals surface area contributed by atoms with Gasteiger partial charge in [0.15, 0.2) is 0 Å². The summed E-state index contributed by atoms with van der Waals surface area (Å²) in [5.41, 5.74) is 4.12. The fraction of sp³-hybridized carbons (Fsp3) is 0.300. The summed E-state index contributed by atoms with van der Waals surface area (Å²) < 4.78 is 0. The van der Waals surface area contributed by atoms with Crippen LogP contribution in [0.2, 0.25) is 0 Å². The zero-order valence-electron chi connectivity index (χ0n) is 14.9. The van der Waals surface area contributed by atoms with Crippen molar-refractivity contribution in [2.24, 2.45) is 0 Å². The molecule has 0 spiro atoms. The Balaban J connectivity index is 1.71. The first kappa shape index (κ1) is 18.5. The van der Waals surface area contributed by atoms with Crippen molar-refractivity contribution < 1.29 is 9.59 Å². The average molecular weight is 339 g/mol. The first-order chi connectivity index (χ1) is 11.9. The number of hydrogen-bond acceptors (Lipinski definition) is 2. The zero-order chi connectivity index (χ0) is 18.2. The van der Waals surface area contributed by atoms with E-state index in [0.29, 0.717) is 12.5 Å². The van der Waals surface area contributed by atoms with Gasteiger partial charge in [0.2, 0.25) is 5.91 Å². The molecule has 0 aliphatic heterocycles. The van der Waals surface area contributed by atoms with Gasteiger partial charge in [-0.2, -0.15) is 0 Å². The summed E-state index contributed by atoms with van der Waals surface area (Å²) in [5, 5.41) is 8.04. The van der Waals surface area contributed by atoms with Crippen molar-refractivity contribution in [2.75, 3.05) is 11.9 Å². The Morgan fingerprint density at radius 2 is 1.56 bits per heavy atom. The normalized spacial score (nSPS) is 10.4. The molecule has 0 bridgehead atoms. The zero-order valence-corrected chi connectivity index (χ0v) is 14.9. The van der Waals surface area contributed by atoms with E-state index in [1.54, 1.807) is 0 Å². The quantitative estimate of drug-likeness (QED) is 0.753. The molecule has 2 rings (SSSR count). The number of urea groups is 1. The van der Waals surface area contributed by atoms with Crippen molar-refractivity contribution in [1.29, 1.82) is 0 Å². The Bertz CT molecular complexity index is 707. The summed E-state index contributed by atoms with van der Waals surface area (Å²) >= 11 is 0. The van der Waals surface area contributed by atoms with Crippen molar-refractivity contribution >= 4 is 17.6 Å². The second-order valence-electron chi connectivity index (χ2n) is 6.35. The minimum atomic E-state index is -0.370. The van der Waals surface area contributed by atoms with Gasteiger partial charge in [-0.1, -0.05) is 55.8 Å². The van der Waals surface area contributed by atoms with E-state index in [0.717, 1.165) is 11.3 Å². The number of carbonyl (C=O) groups is 2. The topological polar surface area (TPSA) is 70.2 Å². The lowest BCUT2D eigenvalue weighted by atomic mass is 10.0. The van der Waals surface area contributed by atoms with E-state index in [1.165, 1.54) is 11.1 Å². The van der Waals surface area contributed by atoms with Gasteiger partial charge in [0.05, 0.1) is 6.54 Å². The molecule has 2 aromatic rings. The number of anilines is 1. The summed E-state index contributed by atoms with van der Waals surface area (Å²) in [4.78, 5) is 23.7. The molecule has 0 fully saturated rings. The van der Waals surface area contributed by atoms with Gasteiger partial charge in [-0.25, -0.2) is 4.79 Å². The van der Waals surface area contributed by atoms with Crippen molar-refractivity contribution in [3.8, 4) is 0 Å². The Kier molecular flexibility index (Phi) is 6.57. The van der Waals surface area contributed by atoms with Crippen LogP contribution in [0.15, 0.2) is 48.5 Å². The van der Waals surface area contributed by atoms with Crippen LogP contribution < -0.4 is 16.0 Å². The molecule has 0 saturated heterocycles. The smallest absolute Gasteiger partial charge is 0.315 e. The summed E-state index contributed by atoms with van der Waals surface area (Å²) in [6.45, 7) is 6.59. The lowest BCUT2D eigenvalue weighted by Gasteiger charge is -2.10. The van der Waals surface area contributed by atoms with Gasteiger partial charge in [-0.15, -0.1) is 0 Å². The standard InChI is InChI=1S/C20H25N3O2/c1-14(2)17-8-10-18(11-9-17)23-19(24)13-22-20(25)21-12-16-6-4-15(3)5-7-16/h4-11,14H,12-13H2,1-3H3,(H,23,24)(H2,21,22,25). The summed E-state index contributed by atoms with van der Waals surface area (Å²) in [7, 11) is 0. The largest absolute Gasteiger partial charge is 0.334 e. The lowest BCUT2D eigenvalue weighted by Crippen LogP contribution is -2.39. The molecular formula is C20H25N3O2. The Morgan fingerprint density at radius 1 is 0.920 bits per heavy atom. The van der Waals surface area contributed by atoms with E-state index in [2.05, 4.69) is 29.8 Å². The van der Waals surface area contributed by atoms with Gasteiger partial charge >= 0.3 is 6.03 Å². The van der Waals surface area contributed by atoms with Crippen LogP contribution in [0.5, 0.6) is 0 Å². The lowest BCUT2D eigenvalue weighted by molar-refractivity contribution is -0.115. The van der Waals surface area contributed by atoms with Gasteiger partial charge in [0.25, 0.3) is 0 Å². The van der Waals surface area contributed by atoms with E-state index in [4.69, 9.17) is 0 Å². The Hall–Kier alpha value is -2.82. The number of aryl methyl sites for hydroxylation is 1. The number of benzene rings is 2. The Morgan fingerprint density at radius 3 is 2.16 bits per heavy atom. The highest BCUT2D eigenvalue weighted by atomic mass is 16.2. The predicted octanol–water partition coefficient (Wildman–Crippen LogP) is 3.56. The van der Waals surface area contributed by atoms with E-state index in [9.17, 15) is 9.59 Å². The second-order valence-corrected chi connectivity index (χ2v) is 6.35. The third-order valence-electron chi connectivity index (χ3n) is 3.84. The molecule has 5 nitrogen and oxygen atoms in total. The fourth-order valence-corrected chi connectivity index (χ4v) is 2.27. The van der Waals surface area contributed by atoms with Crippen molar-refractivity contribution in [3.05, 3.63) is 65.2 Å². The fourth-order valence-electron chi connectivity index (χ4n) is 2.27. The molecule has 0 atom stereocenters. The minimum absolute atomic E-state index is 0.0777. The van der Waals surface area contributed by atoms with Crippen LogP contribution in [-0.2, 0) is 11.3 Å². The summed E-state index contributed by atoms with van der Waals surface area (Å²) in [5.74, 6) is 0.187. The predicted molar refractivity (Wildman–Crippen MR) is 101 cm³/mol. The monoisotopic (exact) mass is 339 g/mol. The van der Waals surface area contributed by atoms with Crippen LogP contribution in [0.3, 0.4) is 0 Å². The van der Waals surface area contributed by atoms with Crippen molar-refractivity contribution in [3.63, 3.8) is 0 Å². The van der Waals surface area contributed by atoms with E-state index >= 15 is 0 Å². The third-order valence-corrected chi connectivity index (χ3v) is 3.84. The van der Waals surface area contributed by atoms with Crippen LogP contribution in [0.4, 0.5) is 10.5 Å². The molecular weight excluding hydrogens is 314 g/mol. The van der Waals surface area contributed by atoms with Crippen molar-refractivity contribution in [1.82, 2.24) is 10.6 Å². The maximum absolute atomic E-state index is 11.9. The maximum Gasteiger partial charge on any atom is 0.315 e. The molecule has 0 aliphatic rings. The molecule has 3 amide bonds. The molecule has 0 aliphatic carbocycles. The molecule has 0 saturated carbocycles. The molecule has 0 unspecified atom stereocenters. The highest BCUT2D eigenvalue weighted by Gasteiger charge is 2.06. The maximum atomic E-state index is 11.9. The second kappa shape index (κ2) is 8.87.